The summed E-state index contributed by atoms with van der Waals surface area (Å²) in [5, 5.41) is -0.220. The van der Waals surface area contributed by atoms with Crippen molar-refractivity contribution in [2.24, 2.45) is 0 Å². The molecule has 3 aromatic carbocycles. The van der Waals surface area contributed by atoms with Crippen LogP contribution in [0.5, 0.6) is 11.5 Å². The molecule has 0 N–H and O–H groups in total. The molecule has 2 amide bonds. The number of amides is 2. The lowest BCUT2D eigenvalue weighted by Gasteiger charge is -2.14. The van der Waals surface area contributed by atoms with E-state index >= 15 is 0 Å². The van der Waals surface area contributed by atoms with Crippen LogP contribution in [0.15, 0.2) is 65.6 Å². The van der Waals surface area contributed by atoms with Crippen LogP contribution in [0.2, 0.25) is 5.02 Å². The predicted molar refractivity (Wildman–Crippen MR) is 131 cm³/mol. The molecule has 1 fully saturated rings. The van der Waals surface area contributed by atoms with Crippen molar-refractivity contribution in [3.63, 3.8) is 0 Å². The second kappa shape index (κ2) is 10.9. The topological polar surface area (TPSA) is 55.8 Å². The summed E-state index contributed by atoms with van der Waals surface area (Å²) in [4.78, 5) is 26.5. The predicted octanol–water partition coefficient (Wildman–Crippen LogP) is 6.83. The van der Waals surface area contributed by atoms with Crippen LogP contribution in [0, 0.1) is 11.6 Å². The zero-order valence-electron chi connectivity index (χ0n) is 18.6. The third-order valence-electron chi connectivity index (χ3n) is 5.16. The van der Waals surface area contributed by atoms with E-state index in [9.17, 15) is 18.4 Å². The molecule has 0 spiro atoms. The number of hydrogen-bond donors (Lipinski definition) is 0. The zero-order valence-corrected chi connectivity index (χ0v) is 20.2. The van der Waals surface area contributed by atoms with E-state index in [2.05, 4.69) is 0 Å². The summed E-state index contributed by atoms with van der Waals surface area (Å²) in [6.07, 6.45) is 1.56. The molecule has 3 aromatic rings. The number of hydrogen-bond acceptors (Lipinski definition) is 5. The van der Waals surface area contributed by atoms with Crippen molar-refractivity contribution in [1.82, 2.24) is 4.90 Å². The van der Waals surface area contributed by atoms with Gasteiger partial charge in [-0.2, -0.15) is 0 Å². The summed E-state index contributed by atoms with van der Waals surface area (Å²) < 4.78 is 39.5. The lowest BCUT2D eigenvalue weighted by molar-refractivity contribution is -0.123. The summed E-state index contributed by atoms with van der Waals surface area (Å²) in [5.41, 5.74) is 1.08. The first-order valence-electron chi connectivity index (χ1n) is 10.7. The van der Waals surface area contributed by atoms with E-state index in [1.165, 1.54) is 24.3 Å². The van der Waals surface area contributed by atoms with Crippen molar-refractivity contribution in [1.29, 1.82) is 0 Å². The number of thioether (sulfide) groups is 1. The van der Waals surface area contributed by atoms with Crippen LogP contribution in [0.1, 0.15) is 23.6 Å². The van der Waals surface area contributed by atoms with Crippen LogP contribution >= 0.6 is 23.4 Å². The Balaban J connectivity index is 1.53. The van der Waals surface area contributed by atoms with E-state index < -0.39 is 22.8 Å². The van der Waals surface area contributed by atoms with Gasteiger partial charge >= 0.3 is 0 Å². The Bertz CT molecular complexity index is 1290. The van der Waals surface area contributed by atoms with Crippen LogP contribution in [-0.2, 0) is 17.9 Å². The summed E-state index contributed by atoms with van der Waals surface area (Å²) >= 11 is 6.85. The van der Waals surface area contributed by atoms with Crippen LogP contribution in [0.3, 0.4) is 0 Å². The minimum absolute atomic E-state index is 0.0974. The van der Waals surface area contributed by atoms with Gasteiger partial charge in [0.05, 0.1) is 23.1 Å². The highest BCUT2D eigenvalue weighted by Crippen LogP contribution is 2.36. The molecule has 1 heterocycles. The van der Waals surface area contributed by atoms with E-state index in [-0.39, 0.29) is 34.2 Å². The van der Waals surface area contributed by atoms with Gasteiger partial charge in [0.2, 0.25) is 0 Å². The number of carbonyl (C=O) groups excluding carboxylic acids is 2. The van der Waals surface area contributed by atoms with E-state index in [1.807, 2.05) is 0 Å². The molecule has 0 aliphatic carbocycles. The van der Waals surface area contributed by atoms with E-state index in [4.69, 9.17) is 21.1 Å². The van der Waals surface area contributed by atoms with Crippen molar-refractivity contribution in [2.45, 2.75) is 20.1 Å². The fraction of sp³-hybridized carbons (Fsp3) is 0.154. The first-order chi connectivity index (χ1) is 16.9. The lowest BCUT2D eigenvalue weighted by Crippen LogP contribution is -2.27. The van der Waals surface area contributed by atoms with Crippen LogP contribution in [0.4, 0.5) is 13.6 Å². The van der Waals surface area contributed by atoms with Gasteiger partial charge in [-0.3, -0.25) is 14.5 Å². The van der Waals surface area contributed by atoms with Gasteiger partial charge in [0.15, 0.2) is 11.5 Å². The van der Waals surface area contributed by atoms with Gasteiger partial charge in [0.25, 0.3) is 11.1 Å². The molecule has 4 rings (SSSR count). The lowest BCUT2D eigenvalue weighted by atomic mass is 10.1. The second-order valence-corrected chi connectivity index (χ2v) is 8.89. The average Bonchev–Trinajstić information content (AvgIpc) is 3.09. The molecule has 0 atom stereocenters. The quantitative estimate of drug-likeness (QED) is 0.308. The van der Waals surface area contributed by atoms with Crippen molar-refractivity contribution >= 4 is 40.6 Å². The molecule has 0 unspecified atom stereocenters. The molecule has 180 valence electrons. The molecule has 0 aromatic heterocycles. The third-order valence-corrected chi connectivity index (χ3v) is 6.42. The smallest absolute Gasteiger partial charge is 0.293 e. The Morgan fingerprint density at radius 1 is 0.971 bits per heavy atom. The molecule has 0 bridgehead atoms. The molecule has 1 saturated heterocycles. The first kappa shape index (κ1) is 24.8. The van der Waals surface area contributed by atoms with Crippen molar-refractivity contribution in [3.05, 3.63) is 98.9 Å². The van der Waals surface area contributed by atoms with Crippen LogP contribution in [-0.4, -0.2) is 22.7 Å². The van der Waals surface area contributed by atoms with Gasteiger partial charge in [-0.1, -0.05) is 41.9 Å². The molecule has 0 saturated carbocycles. The van der Waals surface area contributed by atoms with Gasteiger partial charge in [-0.05, 0) is 60.7 Å². The Morgan fingerprint density at radius 2 is 1.74 bits per heavy atom. The fourth-order valence-electron chi connectivity index (χ4n) is 3.41. The molecular formula is C26H20ClF2NO4S. The number of imide groups is 1. The Labute approximate surface area is 210 Å². The number of halogens is 3. The maximum atomic E-state index is 14.1. The van der Waals surface area contributed by atoms with Gasteiger partial charge in [-0.25, -0.2) is 8.78 Å². The highest BCUT2D eigenvalue weighted by Gasteiger charge is 2.35. The van der Waals surface area contributed by atoms with Crippen molar-refractivity contribution < 1.29 is 27.8 Å². The Kier molecular flexibility index (Phi) is 7.73. The SMILES string of the molecule is CCOc1cc(/C=C2\SC(=O)N(Cc3ccccc3F)C2=O)ccc1OCc1c(F)cccc1Cl. The van der Waals surface area contributed by atoms with Crippen LogP contribution in [0.25, 0.3) is 6.08 Å². The van der Waals surface area contributed by atoms with Gasteiger partial charge < -0.3 is 9.47 Å². The summed E-state index contributed by atoms with van der Waals surface area (Å²) in [6.45, 7) is 1.90. The minimum Gasteiger partial charge on any atom is -0.490 e. The summed E-state index contributed by atoms with van der Waals surface area (Å²) in [5.74, 6) is -0.701. The summed E-state index contributed by atoms with van der Waals surface area (Å²) in [6, 6.07) is 15.4. The van der Waals surface area contributed by atoms with E-state index in [1.54, 1.807) is 49.4 Å². The fourth-order valence-corrected chi connectivity index (χ4v) is 4.46. The maximum absolute atomic E-state index is 14.1. The van der Waals surface area contributed by atoms with Gasteiger partial charge in [0, 0.05) is 11.1 Å². The molecule has 5 nitrogen and oxygen atoms in total. The largest absolute Gasteiger partial charge is 0.490 e. The van der Waals surface area contributed by atoms with Gasteiger partial charge in [-0.15, -0.1) is 0 Å². The summed E-state index contributed by atoms with van der Waals surface area (Å²) in [7, 11) is 0. The van der Waals surface area contributed by atoms with E-state index in [0.29, 0.717) is 23.7 Å². The van der Waals surface area contributed by atoms with Crippen molar-refractivity contribution in [3.8, 4) is 11.5 Å². The maximum Gasteiger partial charge on any atom is 0.293 e. The standard InChI is InChI=1S/C26H20ClF2NO4S/c1-2-33-23-12-16(10-11-22(23)34-15-18-19(27)7-5-9-21(18)29)13-24-25(31)30(26(32)35-24)14-17-6-3-4-8-20(17)28/h3-13H,2,14-15H2,1H3/b24-13-. The first-order valence-corrected chi connectivity index (χ1v) is 11.9. The number of benzene rings is 3. The number of carbonyl (C=O) groups is 2. The van der Waals surface area contributed by atoms with Crippen LogP contribution < -0.4 is 9.47 Å². The average molecular weight is 516 g/mol. The van der Waals surface area contributed by atoms with Crippen molar-refractivity contribution in [2.75, 3.05) is 6.61 Å². The Morgan fingerprint density at radius 3 is 2.49 bits per heavy atom. The number of nitrogens with zero attached hydrogens (tertiary/aromatic N) is 1. The molecular weight excluding hydrogens is 496 g/mol. The normalized spacial score (nSPS) is 14.6. The zero-order chi connectivity index (χ0) is 24.9. The molecule has 0 radical (unpaired) electrons. The van der Waals surface area contributed by atoms with Gasteiger partial charge in [0.1, 0.15) is 18.2 Å². The molecule has 9 heteroatoms. The van der Waals surface area contributed by atoms with E-state index in [0.717, 1.165) is 16.7 Å². The molecule has 1 aliphatic heterocycles. The molecule has 1 aliphatic rings. The third kappa shape index (κ3) is 5.66. The molecule has 35 heavy (non-hydrogen) atoms. The number of rotatable bonds is 8. The highest BCUT2D eigenvalue weighted by molar-refractivity contribution is 8.18. The Hall–Kier alpha value is -3.36. The monoisotopic (exact) mass is 515 g/mol. The highest BCUT2D eigenvalue weighted by atomic mass is 35.5. The number of ether oxygens (including phenoxy) is 2. The second-order valence-electron chi connectivity index (χ2n) is 7.49. The minimum atomic E-state index is -0.504.